The van der Waals surface area contributed by atoms with Crippen molar-refractivity contribution < 1.29 is 5.11 Å². The Balaban J connectivity index is 2.73. The molecule has 0 spiro atoms. The lowest BCUT2D eigenvalue weighted by atomic mass is 10.2. The van der Waals surface area contributed by atoms with E-state index in [0.29, 0.717) is 6.42 Å². The van der Waals surface area contributed by atoms with E-state index in [2.05, 4.69) is 15.4 Å². The minimum absolute atomic E-state index is 0.00153. The van der Waals surface area contributed by atoms with Crippen molar-refractivity contribution in [1.29, 1.82) is 0 Å². The molecule has 0 aliphatic heterocycles. The van der Waals surface area contributed by atoms with Gasteiger partial charge in [0.1, 0.15) is 0 Å². The van der Waals surface area contributed by atoms with Gasteiger partial charge in [-0.1, -0.05) is 11.6 Å². The molecule has 0 amide bonds. The van der Waals surface area contributed by atoms with Crippen LogP contribution >= 0.6 is 11.6 Å². The van der Waals surface area contributed by atoms with E-state index < -0.39 is 5.00 Å². The first kappa shape index (κ1) is 8.42. The second-order valence-electron chi connectivity index (χ2n) is 2.34. The van der Waals surface area contributed by atoms with Crippen molar-refractivity contribution in [2.75, 3.05) is 6.61 Å². The van der Waals surface area contributed by atoms with Gasteiger partial charge >= 0.3 is 0 Å². The average Bonchev–Trinajstić information content (AvgIpc) is 2.37. The Hall–Kier alpha value is -0.680. The standard InChI is InChI=1S/C5H9ClN4O/c1-5(6,2-3-11)10-8-4-7-9-10/h4,11H,2-3H2,1H3. The largest absolute Gasteiger partial charge is 0.396 e. The van der Waals surface area contributed by atoms with Gasteiger partial charge in [0, 0.05) is 13.0 Å². The van der Waals surface area contributed by atoms with E-state index in [1.807, 2.05) is 0 Å². The van der Waals surface area contributed by atoms with Crippen LogP contribution in [0.2, 0.25) is 0 Å². The van der Waals surface area contributed by atoms with Crippen LogP contribution in [0.1, 0.15) is 13.3 Å². The van der Waals surface area contributed by atoms with Crippen molar-refractivity contribution in [3.63, 3.8) is 0 Å². The van der Waals surface area contributed by atoms with Crippen LogP contribution in [-0.2, 0) is 5.00 Å². The minimum atomic E-state index is -0.773. The van der Waals surface area contributed by atoms with Gasteiger partial charge in [-0.3, -0.25) is 0 Å². The molecule has 0 saturated heterocycles. The van der Waals surface area contributed by atoms with Crippen molar-refractivity contribution in [2.24, 2.45) is 0 Å². The third-order valence-electron chi connectivity index (χ3n) is 1.33. The highest BCUT2D eigenvalue weighted by molar-refractivity contribution is 6.21. The summed E-state index contributed by atoms with van der Waals surface area (Å²) in [5.41, 5.74) is 0. The molecule has 1 N–H and O–H groups in total. The van der Waals surface area contributed by atoms with Crippen LogP contribution in [-0.4, -0.2) is 31.9 Å². The van der Waals surface area contributed by atoms with Crippen LogP contribution in [0.4, 0.5) is 0 Å². The van der Waals surface area contributed by atoms with Crippen molar-refractivity contribution in [3.8, 4) is 0 Å². The summed E-state index contributed by atoms with van der Waals surface area (Å²) in [6.45, 7) is 1.72. The van der Waals surface area contributed by atoms with Gasteiger partial charge in [-0.2, -0.15) is 0 Å². The van der Waals surface area contributed by atoms with Crippen molar-refractivity contribution in [1.82, 2.24) is 20.2 Å². The maximum atomic E-state index is 8.63. The monoisotopic (exact) mass is 176 g/mol. The van der Waals surface area contributed by atoms with Gasteiger partial charge < -0.3 is 5.11 Å². The maximum absolute atomic E-state index is 8.63. The first-order valence-corrected chi connectivity index (χ1v) is 3.58. The minimum Gasteiger partial charge on any atom is -0.396 e. The van der Waals surface area contributed by atoms with Crippen LogP contribution in [0.5, 0.6) is 0 Å². The zero-order valence-electron chi connectivity index (χ0n) is 6.11. The first-order valence-electron chi connectivity index (χ1n) is 3.20. The molecule has 5 nitrogen and oxygen atoms in total. The number of aliphatic hydroxyl groups excluding tert-OH is 1. The van der Waals surface area contributed by atoms with Crippen LogP contribution < -0.4 is 0 Å². The molecule has 0 saturated carbocycles. The molecular weight excluding hydrogens is 168 g/mol. The lowest BCUT2D eigenvalue weighted by Crippen LogP contribution is -2.27. The molecule has 0 fully saturated rings. The number of alkyl halides is 1. The van der Waals surface area contributed by atoms with Crippen LogP contribution in [0, 0.1) is 0 Å². The molecule has 0 bridgehead atoms. The molecule has 11 heavy (non-hydrogen) atoms. The van der Waals surface area contributed by atoms with Gasteiger partial charge in [0.25, 0.3) is 0 Å². The quantitative estimate of drug-likeness (QED) is 0.657. The Morgan fingerprint density at radius 2 is 2.45 bits per heavy atom. The summed E-state index contributed by atoms with van der Waals surface area (Å²) in [5.74, 6) is 0. The van der Waals surface area contributed by atoms with Gasteiger partial charge in [0.15, 0.2) is 11.3 Å². The first-order chi connectivity index (χ1) is 5.17. The topological polar surface area (TPSA) is 63.8 Å². The predicted molar refractivity (Wildman–Crippen MR) is 39.0 cm³/mol. The van der Waals surface area contributed by atoms with Gasteiger partial charge in [0.2, 0.25) is 0 Å². The van der Waals surface area contributed by atoms with Crippen LogP contribution in [0.25, 0.3) is 0 Å². The lowest BCUT2D eigenvalue weighted by Gasteiger charge is -2.18. The third kappa shape index (κ3) is 1.87. The summed E-state index contributed by atoms with van der Waals surface area (Å²) in [6.07, 6.45) is 1.70. The van der Waals surface area contributed by atoms with Crippen molar-refractivity contribution >= 4 is 11.6 Å². The number of tetrazole rings is 1. The highest BCUT2D eigenvalue weighted by Gasteiger charge is 2.24. The summed E-state index contributed by atoms with van der Waals surface area (Å²) in [5, 5.41) is 19.5. The molecule has 0 aliphatic rings. The van der Waals surface area contributed by atoms with Gasteiger partial charge in [-0.25, -0.2) is 0 Å². The Bertz CT molecular complexity index is 210. The SMILES string of the molecule is CC(Cl)(CCO)n1ncnn1. The molecule has 6 heteroatoms. The third-order valence-corrected chi connectivity index (χ3v) is 1.67. The summed E-state index contributed by atoms with van der Waals surface area (Å²) < 4.78 is 0. The molecular formula is C5H9ClN4O. The molecule has 1 unspecified atom stereocenters. The van der Waals surface area contributed by atoms with Crippen LogP contribution in [0.15, 0.2) is 6.33 Å². The second kappa shape index (κ2) is 3.15. The molecule has 0 aromatic carbocycles. The summed E-state index contributed by atoms with van der Waals surface area (Å²) >= 11 is 5.94. The molecule has 0 radical (unpaired) electrons. The van der Waals surface area contributed by atoms with E-state index in [-0.39, 0.29) is 6.61 Å². The van der Waals surface area contributed by atoms with E-state index in [1.54, 1.807) is 6.92 Å². The average molecular weight is 177 g/mol. The Morgan fingerprint density at radius 1 is 1.73 bits per heavy atom. The van der Waals surface area contributed by atoms with Crippen molar-refractivity contribution in [2.45, 2.75) is 18.3 Å². The number of nitrogens with zero attached hydrogens (tertiary/aromatic N) is 4. The highest BCUT2D eigenvalue weighted by Crippen LogP contribution is 2.21. The van der Waals surface area contributed by atoms with E-state index in [9.17, 15) is 0 Å². The van der Waals surface area contributed by atoms with E-state index >= 15 is 0 Å². The number of hydrogen-bond donors (Lipinski definition) is 1. The fourth-order valence-corrected chi connectivity index (χ4v) is 0.847. The van der Waals surface area contributed by atoms with Gasteiger partial charge in [-0.15, -0.1) is 15.0 Å². The van der Waals surface area contributed by atoms with E-state index in [4.69, 9.17) is 16.7 Å². The fraction of sp³-hybridized carbons (Fsp3) is 0.800. The second-order valence-corrected chi connectivity index (χ2v) is 3.16. The number of halogens is 1. The Morgan fingerprint density at radius 3 is 2.91 bits per heavy atom. The number of rotatable bonds is 3. The van der Waals surface area contributed by atoms with Crippen molar-refractivity contribution in [3.05, 3.63) is 6.33 Å². The normalized spacial score (nSPS) is 16.3. The van der Waals surface area contributed by atoms with Gasteiger partial charge in [0.05, 0.1) is 0 Å². The Kier molecular flexibility index (Phi) is 2.41. The number of hydrogen-bond acceptors (Lipinski definition) is 4. The molecule has 1 aromatic heterocycles. The zero-order chi connectivity index (χ0) is 8.32. The van der Waals surface area contributed by atoms with Gasteiger partial charge in [-0.05, 0) is 12.1 Å². The molecule has 62 valence electrons. The summed E-state index contributed by atoms with van der Waals surface area (Å²) in [4.78, 5) is 0.496. The van der Waals surface area contributed by atoms with E-state index in [1.165, 1.54) is 11.1 Å². The summed E-state index contributed by atoms with van der Waals surface area (Å²) in [6, 6.07) is 0. The van der Waals surface area contributed by atoms with E-state index in [0.717, 1.165) is 0 Å². The molecule has 1 atom stereocenters. The highest BCUT2D eigenvalue weighted by atomic mass is 35.5. The summed E-state index contributed by atoms with van der Waals surface area (Å²) in [7, 11) is 0. The number of aliphatic hydroxyl groups is 1. The molecule has 1 aromatic rings. The zero-order valence-corrected chi connectivity index (χ0v) is 6.86. The fourth-order valence-electron chi connectivity index (χ4n) is 0.685. The molecule has 1 heterocycles. The smallest absolute Gasteiger partial charge is 0.162 e. The molecule has 0 aliphatic carbocycles. The Labute approximate surface area is 69.0 Å². The molecule has 1 rings (SSSR count). The lowest BCUT2D eigenvalue weighted by molar-refractivity contribution is 0.228. The predicted octanol–water partition coefficient (Wildman–Crippen LogP) is -0.0330. The number of aromatic nitrogens is 4. The van der Waals surface area contributed by atoms with Crippen LogP contribution in [0.3, 0.4) is 0 Å². The maximum Gasteiger partial charge on any atom is 0.162 e.